The maximum Gasteiger partial charge on any atom is 0.310 e. The molecule has 7 nitrogen and oxygen atoms in total. The van der Waals surface area contributed by atoms with E-state index in [1.165, 1.54) is 4.80 Å². The number of carbonyl (C=O) groups excluding carboxylic acids is 1. The molecule has 2 aromatic rings. The summed E-state index contributed by atoms with van der Waals surface area (Å²) in [6, 6.07) is 7.05. The van der Waals surface area contributed by atoms with E-state index in [0.29, 0.717) is 18.5 Å². The molecular formula is C15H16N4O3. The summed E-state index contributed by atoms with van der Waals surface area (Å²) in [6.45, 7) is 0. The first-order valence-electron chi connectivity index (χ1n) is 7.09. The molecule has 1 aromatic carbocycles. The first-order valence-corrected chi connectivity index (χ1v) is 7.09. The molecule has 2 N–H and O–H groups in total. The van der Waals surface area contributed by atoms with E-state index >= 15 is 0 Å². The summed E-state index contributed by atoms with van der Waals surface area (Å²) in [6.07, 6.45) is 5.19. The van der Waals surface area contributed by atoms with Crippen molar-refractivity contribution in [1.82, 2.24) is 15.0 Å². The van der Waals surface area contributed by atoms with Crippen molar-refractivity contribution in [3.63, 3.8) is 0 Å². The van der Waals surface area contributed by atoms with Crippen LogP contribution in [-0.4, -0.2) is 32.0 Å². The molecular weight excluding hydrogens is 284 g/mol. The normalized spacial score (nSPS) is 15.8. The molecule has 1 saturated carbocycles. The highest BCUT2D eigenvalue weighted by molar-refractivity contribution is 5.94. The zero-order chi connectivity index (χ0) is 15.6. The summed E-state index contributed by atoms with van der Waals surface area (Å²) in [5.74, 6) is -1.15. The van der Waals surface area contributed by atoms with E-state index in [1.807, 2.05) is 0 Å². The van der Waals surface area contributed by atoms with Gasteiger partial charge in [-0.05, 0) is 37.1 Å². The summed E-state index contributed by atoms with van der Waals surface area (Å²) in [5.41, 5.74) is 0.535. The Morgan fingerprint density at radius 1 is 1.18 bits per heavy atom. The maximum atomic E-state index is 12.0. The van der Waals surface area contributed by atoms with Gasteiger partial charge in [-0.1, -0.05) is 6.42 Å². The van der Waals surface area contributed by atoms with Crippen molar-refractivity contribution in [2.24, 2.45) is 5.41 Å². The van der Waals surface area contributed by atoms with Gasteiger partial charge < -0.3 is 10.4 Å². The molecule has 1 amide bonds. The predicted molar refractivity (Wildman–Crippen MR) is 78.5 cm³/mol. The highest BCUT2D eigenvalue weighted by atomic mass is 16.4. The molecule has 0 bridgehead atoms. The number of nitrogens with one attached hydrogen (secondary N) is 1. The third-order valence-electron chi connectivity index (χ3n) is 4.06. The van der Waals surface area contributed by atoms with E-state index < -0.39 is 11.4 Å². The summed E-state index contributed by atoms with van der Waals surface area (Å²) >= 11 is 0. The molecule has 3 rings (SSSR count). The SMILES string of the molecule is O=C(CC1(C(=O)O)CCC1)Nc1ccc(-n2nccn2)cc1. The van der Waals surface area contributed by atoms with Crippen LogP contribution in [0.2, 0.25) is 0 Å². The number of nitrogens with zero attached hydrogens (tertiary/aromatic N) is 3. The van der Waals surface area contributed by atoms with Crippen molar-refractivity contribution in [3.8, 4) is 5.69 Å². The molecule has 0 unspecified atom stereocenters. The van der Waals surface area contributed by atoms with Gasteiger partial charge in [0.1, 0.15) is 0 Å². The van der Waals surface area contributed by atoms with E-state index in [0.717, 1.165) is 12.1 Å². The second-order valence-corrected chi connectivity index (χ2v) is 5.53. The van der Waals surface area contributed by atoms with Crippen LogP contribution in [0.4, 0.5) is 5.69 Å². The second kappa shape index (κ2) is 5.59. The van der Waals surface area contributed by atoms with Gasteiger partial charge in [0.15, 0.2) is 0 Å². The molecule has 1 fully saturated rings. The molecule has 1 aliphatic rings. The van der Waals surface area contributed by atoms with Crippen LogP contribution in [0.15, 0.2) is 36.7 Å². The minimum absolute atomic E-state index is 0.0186. The van der Waals surface area contributed by atoms with Crippen molar-refractivity contribution >= 4 is 17.6 Å². The van der Waals surface area contributed by atoms with Crippen molar-refractivity contribution in [2.75, 3.05) is 5.32 Å². The average Bonchev–Trinajstić information content (AvgIpc) is 2.97. The molecule has 0 aliphatic heterocycles. The van der Waals surface area contributed by atoms with Gasteiger partial charge in [-0.3, -0.25) is 9.59 Å². The lowest BCUT2D eigenvalue weighted by Crippen LogP contribution is -2.41. The summed E-state index contributed by atoms with van der Waals surface area (Å²) in [4.78, 5) is 24.8. The molecule has 1 aliphatic carbocycles. The van der Waals surface area contributed by atoms with Gasteiger partial charge in [0.05, 0.1) is 23.5 Å². The van der Waals surface area contributed by atoms with E-state index in [2.05, 4.69) is 15.5 Å². The molecule has 7 heteroatoms. The van der Waals surface area contributed by atoms with Crippen LogP contribution in [0.3, 0.4) is 0 Å². The molecule has 0 saturated heterocycles. The standard InChI is InChI=1S/C15H16N4O3/c20-13(10-15(14(21)22)6-1-7-15)18-11-2-4-12(5-3-11)19-16-8-9-17-19/h2-5,8-9H,1,6-7,10H2,(H,18,20)(H,21,22). The van der Waals surface area contributed by atoms with Crippen molar-refractivity contribution in [2.45, 2.75) is 25.7 Å². The third-order valence-corrected chi connectivity index (χ3v) is 4.06. The van der Waals surface area contributed by atoms with Gasteiger partial charge in [-0.25, -0.2) is 0 Å². The van der Waals surface area contributed by atoms with Gasteiger partial charge in [-0.15, -0.1) is 0 Å². The fraction of sp³-hybridized carbons (Fsp3) is 0.333. The second-order valence-electron chi connectivity index (χ2n) is 5.53. The molecule has 0 radical (unpaired) electrons. The Bertz CT molecular complexity index is 675. The number of amides is 1. The molecule has 1 heterocycles. The summed E-state index contributed by atoms with van der Waals surface area (Å²) in [5, 5.41) is 20.0. The van der Waals surface area contributed by atoms with Crippen LogP contribution in [0.25, 0.3) is 5.69 Å². The number of carboxylic acids is 1. The fourth-order valence-corrected chi connectivity index (χ4v) is 2.61. The minimum Gasteiger partial charge on any atom is -0.481 e. The first kappa shape index (κ1) is 14.2. The average molecular weight is 300 g/mol. The number of carbonyl (C=O) groups is 2. The van der Waals surface area contributed by atoms with Gasteiger partial charge in [0.25, 0.3) is 0 Å². The van der Waals surface area contributed by atoms with Crippen molar-refractivity contribution < 1.29 is 14.7 Å². The predicted octanol–water partition coefficient (Wildman–Crippen LogP) is 1.85. The molecule has 1 aromatic heterocycles. The topological polar surface area (TPSA) is 97.1 Å². The number of hydrogen-bond donors (Lipinski definition) is 2. The number of hydrogen-bond acceptors (Lipinski definition) is 4. The highest BCUT2D eigenvalue weighted by Crippen LogP contribution is 2.44. The molecule has 0 atom stereocenters. The monoisotopic (exact) mass is 300 g/mol. The summed E-state index contributed by atoms with van der Waals surface area (Å²) in [7, 11) is 0. The van der Waals surface area contributed by atoms with Gasteiger partial charge in [-0.2, -0.15) is 15.0 Å². The van der Waals surface area contributed by atoms with E-state index in [4.69, 9.17) is 0 Å². The molecule has 0 spiro atoms. The third kappa shape index (κ3) is 2.69. The van der Waals surface area contributed by atoms with Gasteiger partial charge in [0.2, 0.25) is 5.91 Å². The molecule has 22 heavy (non-hydrogen) atoms. The quantitative estimate of drug-likeness (QED) is 0.878. The fourth-order valence-electron chi connectivity index (χ4n) is 2.61. The number of carboxylic acid groups (broad SMARTS) is 1. The Hall–Kier alpha value is -2.70. The number of aromatic nitrogens is 3. The maximum absolute atomic E-state index is 12.0. The lowest BCUT2D eigenvalue weighted by molar-refractivity contribution is -0.157. The summed E-state index contributed by atoms with van der Waals surface area (Å²) < 4.78 is 0. The number of rotatable bonds is 5. The Kier molecular flexibility index (Phi) is 3.62. The van der Waals surface area contributed by atoms with Crippen LogP contribution >= 0.6 is 0 Å². The zero-order valence-corrected chi connectivity index (χ0v) is 11.9. The number of anilines is 1. The largest absolute Gasteiger partial charge is 0.481 e. The van der Waals surface area contributed by atoms with Crippen LogP contribution in [0, 0.1) is 5.41 Å². The Morgan fingerprint density at radius 2 is 1.82 bits per heavy atom. The van der Waals surface area contributed by atoms with Gasteiger partial charge in [0, 0.05) is 12.1 Å². The van der Waals surface area contributed by atoms with Crippen LogP contribution in [0.1, 0.15) is 25.7 Å². The Morgan fingerprint density at radius 3 is 2.32 bits per heavy atom. The number of benzene rings is 1. The first-order chi connectivity index (χ1) is 10.6. The zero-order valence-electron chi connectivity index (χ0n) is 11.9. The van der Waals surface area contributed by atoms with Crippen LogP contribution < -0.4 is 5.32 Å². The highest BCUT2D eigenvalue weighted by Gasteiger charge is 2.45. The van der Waals surface area contributed by atoms with E-state index in [-0.39, 0.29) is 12.3 Å². The van der Waals surface area contributed by atoms with Crippen molar-refractivity contribution in [1.29, 1.82) is 0 Å². The lowest BCUT2D eigenvalue weighted by atomic mass is 9.66. The smallest absolute Gasteiger partial charge is 0.310 e. The van der Waals surface area contributed by atoms with Crippen molar-refractivity contribution in [3.05, 3.63) is 36.7 Å². The van der Waals surface area contributed by atoms with E-state index in [1.54, 1.807) is 36.7 Å². The lowest BCUT2D eigenvalue weighted by Gasteiger charge is -2.36. The minimum atomic E-state index is -0.881. The van der Waals surface area contributed by atoms with Crippen LogP contribution in [0.5, 0.6) is 0 Å². The Labute approximate surface area is 126 Å². The number of aliphatic carboxylic acids is 1. The van der Waals surface area contributed by atoms with Crippen LogP contribution in [-0.2, 0) is 9.59 Å². The molecule has 114 valence electrons. The van der Waals surface area contributed by atoms with Gasteiger partial charge >= 0.3 is 5.97 Å². The Balaban J connectivity index is 1.63. The van der Waals surface area contributed by atoms with E-state index in [9.17, 15) is 14.7 Å².